The summed E-state index contributed by atoms with van der Waals surface area (Å²) in [7, 11) is -3.60. The molecule has 0 bridgehead atoms. The molecule has 51 heavy (non-hydrogen) atoms. The van der Waals surface area contributed by atoms with Gasteiger partial charge in [-0.05, 0) is 81.8 Å². The molecular weight excluding hydrogens is 675 g/mol. The molecule has 0 fully saturated rings. The summed E-state index contributed by atoms with van der Waals surface area (Å²) >= 11 is 0. The Hall–Kier alpha value is -4.63. The summed E-state index contributed by atoms with van der Waals surface area (Å²) in [5.74, 6) is -1.66. The van der Waals surface area contributed by atoms with E-state index in [4.69, 9.17) is 21.0 Å². The lowest BCUT2D eigenvalue weighted by Gasteiger charge is -2.33. The summed E-state index contributed by atoms with van der Waals surface area (Å²) in [5, 5.41) is 3.70. The van der Waals surface area contributed by atoms with Crippen LogP contribution in [0.5, 0.6) is 0 Å². The molecule has 14 heteroatoms. The Balaban J connectivity index is 2.07. The van der Waals surface area contributed by atoms with Crippen LogP contribution in [0.25, 0.3) is 0 Å². The van der Waals surface area contributed by atoms with Gasteiger partial charge in [0.05, 0.1) is 12.0 Å². The van der Waals surface area contributed by atoms with E-state index in [-0.39, 0.29) is 43.7 Å². The van der Waals surface area contributed by atoms with Gasteiger partial charge in [0.2, 0.25) is 5.91 Å². The fourth-order valence-electron chi connectivity index (χ4n) is 5.39. The SMILES string of the molecule is COC(=O)N([C@H](CCCCN)C(=O)N[C@@H](Cc1ccccc1)C(=O)N(OCc1ccccc1)[C@H](C=O)CCCCN)S(=O)(=O)c1ccc(C)cc1. The van der Waals surface area contributed by atoms with Gasteiger partial charge in [-0.15, -0.1) is 0 Å². The lowest BCUT2D eigenvalue weighted by atomic mass is 10.0. The highest BCUT2D eigenvalue weighted by Crippen LogP contribution is 2.24. The molecule has 0 radical (unpaired) electrons. The largest absolute Gasteiger partial charge is 0.452 e. The fraction of sp³-hybridized carbons (Fsp3) is 0.405. The monoisotopic (exact) mass is 723 g/mol. The molecule has 0 aromatic heterocycles. The predicted molar refractivity (Wildman–Crippen MR) is 192 cm³/mol. The first-order chi connectivity index (χ1) is 24.6. The summed E-state index contributed by atoms with van der Waals surface area (Å²) in [6, 6.07) is 19.8. The highest BCUT2D eigenvalue weighted by atomic mass is 32.2. The quantitative estimate of drug-likeness (QED) is 0.0831. The Bertz CT molecular complexity index is 1640. The third kappa shape index (κ3) is 12.0. The van der Waals surface area contributed by atoms with Crippen LogP contribution in [0.15, 0.2) is 89.8 Å². The van der Waals surface area contributed by atoms with E-state index in [9.17, 15) is 27.6 Å². The Morgan fingerprint density at radius 2 is 1.39 bits per heavy atom. The number of amides is 3. The molecule has 5 N–H and O–H groups in total. The Labute approximate surface area is 300 Å². The highest BCUT2D eigenvalue weighted by molar-refractivity contribution is 7.89. The standard InChI is InChI=1S/C37H49N5O8S/c1-28-19-21-32(22-20-28)51(47,48)42(37(46)49-2)34(18-10-12-24-39)35(44)40-33(25-29-13-5-3-6-14-29)36(45)41(31(26-43)17-9-11-23-38)50-27-30-15-7-4-8-16-30/h3-8,13-16,19-22,26,31,33-34H,9-12,17-18,23-25,27,38-39H2,1-2H3,(H,40,44)/t31-,33-,34+/m0/s1. The lowest BCUT2D eigenvalue weighted by molar-refractivity contribution is -0.207. The molecule has 276 valence electrons. The van der Waals surface area contributed by atoms with E-state index in [1.165, 1.54) is 12.1 Å². The maximum Gasteiger partial charge on any atom is 0.424 e. The zero-order valence-corrected chi connectivity index (χ0v) is 30.0. The average Bonchev–Trinajstić information content (AvgIpc) is 3.14. The van der Waals surface area contributed by atoms with Crippen molar-refractivity contribution in [2.45, 2.75) is 81.5 Å². The van der Waals surface area contributed by atoms with E-state index < -0.39 is 46.1 Å². The van der Waals surface area contributed by atoms with Crippen LogP contribution in [0.3, 0.4) is 0 Å². The van der Waals surface area contributed by atoms with Crippen molar-refractivity contribution in [1.82, 2.24) is 14.7 Å². The van der Waals surface area contributed by atoms with Crippen LogP contribution in [0.2, 0.25) is 0 Å². The number of unbranched alkanes of at least 4 members (excludes halogenated alkanes) is 2. The van der Waals surface area contributed by atoms with Crippen molar-refractivity contribution in [3.63, 3.8) is 0 Å². The zero-order chi connectivity index (χ0) is 37.2. The molecule has 0 saturated heterocycles. The topological polar surface area (TPSA) is 191 Å². The van der Waals surface area contributed by atoms with Gasteiger partial charge in [-0.2, -0.15) is 4.31 Å². The van der Waals surface area contributed by atoms with Gasteiger partial charge in [0.1, 0.15) is 31.0 Å². The van der Waals surface area contributed by atoms with E-state index in [1.54, 1.807) is 61.5 Å². The first-order valence-electron chi connectivity index (χ1n) is 17.0. The van der Waals surface area contributed by atoms with Gasteiger partial charge < -0.3 is 26.3 Å². The van der Waals surface area contributed by atoms with Gasteiger partial charge in [-0.3, -0.25) is 14.4 Å². The van der Waals surface area contributed by atoms with Crippen LogP contribution in [0.1, 0.15) is 55.2 Å². The normalized spacial score (nSPS) is 13.0. The molecular formula is C37H49N5O8S. The highest BCUT2D eigenvalue weighted by Gasteiger charge is 2.42. The number of rotatable bonds is 21. The van der Waals surface area contributed by atoms with E-state index in [0.717, 1.165) is 23.3 Å². The molecule has 0 aliphatic heterocycles. The van der Waals surface area contributed by atoms with Crippen LogP contribution in [-0.4, -0.2) is 80.3 Å². The van der Waals surface area contributed by atoms with Crippen LogP contribution in [0, 0.1) is 6.92 Å². The minimum Gasteiger partial charge on any atom is -0.452 e. The number of aldehydes is 1. The summed E-state index contributed by atoms with van der Waals surface area (Å²) in [5.41, 5.74) is 13.6. The zero-order valence-electron chi connectivity index (χ0n) is 29.2. The number of sulfonamides is 1. The second-order valence-electron chi connectivity index (χ2n) is 12.0. The number of hydrogen-bond acceptors (Lipinski definition) is 10. The first kappa shape index (κ1) is 40.8. The molecule has 3 amide bonds. The summed E-state index contributed by atoms with van der Waals surface area (Å²) < 4.78 is 33.3. The number of methoxy groups -OCH3 is 1. The van der Waals surface area contributed by atoms with Gasteiger partial charge in [-0.25, -0.2) is 18.3 Å². The summed E-state index contributed by atoms with van der Waals surface area (Å²) in [6.07, 6.45) is 1.29. The predicted octanol–water partition coefficient (Wildman–Crippen LogP) is 3.63. The smallest absolute Gasteiger partial charge is 0.424 e. The first-order valence-corrected chi connectivity index (χ1v) is 18.4. The molecule has 3 aromatic carbocycles. The maximum atomic E-state index is 14.5. The number of carbonyl (C=O) groups excluding carboxylic acids is 4. The molecule has 0 aliphatic rings. The van der Waals surface area contributed by atoms with Gasteiger partial charge in [-0.1, -0.05) is 78.4 Å². The van der Waals surface area contributed by atoms with Crippen molar-refractivity contribution in [2.24, 2.45) is 11.5 Å². The number of hydroxylamine groups is 2. The molecule has 0 aliphatic carbocycles. The Kier molecular flexibility index (Phi) is 16.7. The molecule has 3 aromatic rings. The number of benzene rings is 3. The van der Waals surface area contributed by atoms with E-state index in [2.05, 4.69) is 5.32 Å². The average molecular weight is 724 g/mol. The van der Waals surface area contributed by atoms with Crippen molar-refractivity contribution < 1.29 is 37.2 Å². The van der Waals surface area contributed by atoms with Crippen molar-refractivity contribution in [3.05, 3.63) is 102 Å². The molecule has 13 nitrogen and oxygen atoms in total. The van der Waals surface area contributed by atoms with Crippen molar-refractivity contribution in [1.29, 1.82) is 0 Å². The molecule has 3 rings (SSSR count). The van der Waals surface area contributed by atoms with E-state index in [1.807, 2.05) is 18.2 Å². The van der Waals surface area contributed by atoms with E-state index >= 15 is 0 Å². The fourth-order valence-corrected chi connectivity index (χ4v) is 6.91. The maximum absolute atomic E-state index is 14.5. The lowest BCUT2D eigenvalue weighted by Crippen LogP contribution is -2.58. The number of nitrogens with two attached hydrogens (primary N) is 2. The van der Waals surface area contributed by atoms with Crippen LogP contribution < -0.4 is 16.8 Å². The molecule has 0 unspecified atom stereocenters. The van der Waals surface area contributed by atoms with Gasteiger partial charge in [0.25, 0.3) is 15.9 Å². The number of carbonyl (C=O) groups is 4. The van der Waals surface area contributed by atoms with Crippen molar-refractivity contribution in [3.8, 4) is 0 Å². The van der Waals surface area contributed by atoms with Gasteiger partial charge in [0, 0.05) is 6.42 Å². The Morgan fingerprint density at radius 1 is 0.824 bits per heavy atom. The van der Waals surface area contributed by atoms with Crippen LogP contribution in [-0.2, 0) is 47.0 Å². The number of nitrogens with zero attached hydrogens (tertiary/aromatic N) is 2. The summed E-state index contributed by atoms with van der Waals surface area (Å²) in [6.45, 7) is 2.39. The number of ether oxygens (including phenoxy) is 1. The Morgan fingerprint density at radius 3 is 1.94 bits per heavy atom. The third-order valence-electron chi connectivity index (χ3n) is 8.19. The molecule has 0 heterocycles. The second kappa shape index (κ2) is 20.9. The van der Waals surface area contributed by atoms with Crippen molar-refractivity contribution in [2.75, 3.05) is 20.2 Å². The van der Waals surface area contributed by atoms with Crippen LogP contribution >= 0.6 is 0 Å². The second-order valence-corrected chi connectivity index (χ2v) is 13.9. The van der Waals surface area contributed by atoms with Gasteiger partial charge in [0.15, 0.2) is 0 Å². The van der Waals surface area contributed by atoms with Crippen LogP contribution in [0.4, 0.5) is 4.79 Å². The third-order valence-corrected chi connectivity index (χ3v) is 9.98. The van der Waals surface area contributed by atoms with E-state index in [0.29, 0.717) is 42.0 Å². The minimum atomic E-state index is -4.62. The number of hydrogen-bond donors (Lipinski definition) is 3. The molecule has 0 saturated carbocycles. The van der Waals surface area contributed by atoms with Gasteiger partial charge >= 0.3 is 6.09 Å². The minimum absolute atomic E-state index is 0.0383. The van der Waals surface area contributed by atoms with Crippen molar-refractivity contribution >= 4 is 34.2 Å². The molecule has 0 spiro atoms. The summed E-state index contributed by atoms with van der Waals surface area (Å²) in [4.78, 5) is 60.3. The molecule has 3 atom stereocenters. The number of nitrogens with one attached hydrogen (secondary N) is 1. The number of aryl methyl sites for hydroxylation is 1.